The van der Waals surface area contributed by atoms with E-state index in [4.69, 9.17) is 0 Å². The van der Waals surface area contributed by atoms with Gasteiger partial charge in [-0.15, -0.1) is 11.3 Å². The Hall–Kier alpha value is -3.17. The molecule has 1 aromatic carbocycles. The third kappa shape index (κ3) is 5.00. The van der Waals surface area contributed by atoms with Crippen molar-refractivity contribution in [2.75, 3.05) is 11.4 Å². The monoisotopic (exact) mass is 483 g/mol. The molecular formula is C25H29N3O5S. The number of thiophene rings is 1. The van der Waals surface area contributed by atoms with E-state index in [9.17, 15) is 24.6 Å². The first kappa shape index (κ1) is 24.0. The van der Waals surface area contributed by atoms with Crippen LogP contribution in [0, 0.1) is 5.92 Å². The third-order valence-corrected chi connectivity index (χ3v) is 7.36. The summed E-state index contributed by atoms with van der Waals surface area (Å²) in [5, 5.41) is 23.5. The molecule has 2 amide bonds. The summed E-state index contributed by atoms with van der Waals surface area (Å²) in [6.45, 7) is 2.33. The van der Waals surface area contributed by atoms with Crippen LogP contribution in [0.25, 0.3) is 10.2 Å². The Morgan fingerprint density at radius 1 is 1.12 bits per heavy atom. The average molecular weight is 484 g/mol. The number of carboxylic acid groups (broad SMARTS) is 1. The van der Waals surface area contributed by atoms with Crippen molar-refractivity contribution < 1.29 is 24.6 Å². The van der Waals surface area contributed by atoms with E-state index in [1.807, 2.05) is 36.6 Å². The molecule has 0 spiro atoms. The van der Waals surface area contributed by atoms with Crippen molar-refractivity contribution in [2.24, 2.45) is 5.92 Å². The second kappa shape index (κ2) is 10.4. The fourth-order valence-corrected chi connectivity index (χ4v) is 5.41. The molecule has 2 heterocycles. The average Bonchev–Trinajstić information content (AvgIpc) is 3.43. The molecule has 3 N–H and O–H groups in total. The van der Waals surface area contributed by atoms with Gasteiger partial charge in [-0.2, -0.15) is 0 Å². The van der Waals surface area contributed by atoms with Gasteiger partial charge < -0.3 is 25.0 Å². The first-order chi connectivity index (χ1) is 16.4. The number of nitrogens with one attached hydrogen (secondary N) is 1. The van der Waals surface area contributed by atoms with Crippen LogP contribution in [0.15, 0.2) is 41.8 Å². The van der Waals surface area contributed by atoms with E-state index in [1.165, 1.54) is 11.3 Å². The molecule has 2 aromatic heterocycles. The van der Waals surface area contributed by atoms with E-state index < -0.39 is 5.97 Å². The van der Waals surface area contributed by atoms with Gasteiger partial charge in [0.15, 0.2) is 0 Å². The fourth-order valence-electron chi connectivity index (χ4n) is 4.58. The van der Waals surface area contributed by atoms with Gasteiger partial charge in [0.2, 0.25) is 5.91 Å². The maximum atomic E-state index is 13.3. The highest BCUT2D eigenvalue weighted by molar-refractivity contribution is 7.17. The van der Waals surface area contributed by atoms with Crippen LogP contribution in [0.4, 0.5) is 5.69 Å². The Balaban J connectivity index is 1.52. The first-order valence-electron chi connectivity index (χ1n) is 11.5. The summed E-state index contributed by atoms with van der Waals surface area (Å²) in [5.41, 5.74) is 2.78. The van der Waals surface area contributed by atoms with Gasteiger partial charge in [-0.25, -0.2) is 0 Å². The molecule has 3 aromatic rings. The third-order valence-electron chi connectivity index (χ3n) is 6.51. The smallest absolute Gasteiger partial charge is 0.306 e. The molecule has 0 atom stereocenters. The SMILES string of the molecule is CCN(C(=O)Cn1c(C(=O)NC2CCC(C(=O)O)CC2)cc2sccc21)c1ccc(CO)cc1. The molecule has 0 radical (unpaired) electrons. The van der Waals surface area contributed by atoms with Gasteiger partial charge in [-0.1, -0.05) is 12.1 Å². The zero-order chi connectivity index (χ0) is 24.2. The van der Waals surface area contributed by atoms with Gasteiger partial charge in [-0.05, 0) is 67.8 Å². The maximum Gasteiger partial charge on any atom is 0.306 e. The second-order valence-corrected chi connectivity index (χ2v) is 9.56. The van der Waals surface area contributed by atoms with E-state index in [0.717, 1.165) is 21.5 Å². The zero-order valence-corrected chi connectivity index (χ0v) is 19.9. The van der Waals surface area contributed by atoms with E-state index in [-0.39, 0.29) is 36.9 Å². The summed E-state index contributed by atoms with van der Waals surface area (Å²) in [4.78, 5) is 39.3. The summed E-state index contributed by atoms with van der Waals surface area (Å²) in [5.74, 6) is -1.50. The van der Waals surface area contributed by atoms with E-state index in [0.29, 0.717) is 37.9 Å². The largest absolute Gasteiger partial charge is 0.481 e. The van der Waals surface area contributed by atoms with Crippen LogP contribution in [-0.2, 0) is 22.7 Å². The summed E-state index contributed by atoms with van der Waals surface area (Å²) in [6.07, 6.45) is 2.36. The highest BCUT2D eigenvalue weighted by Gasteiger charge is 2.28. The van der Waals surface area contributed by atoms with Gasteiger partial charge in [0.05, 0.1) is 22.7 Å². The Bertz CT molecular complexity index is 1180. The Morgan fingerprint density at radius 3 is 2.44 bits per heavy atom. The standard InChI is InChI=1S/C25H29N3O5S/c1-2-27(19-9-3-16(15-29)4-10-19)23(30)14-28-20-11-12-34-22(20)13-21(28)24(31)26-18-7-5-17(6-8-18)25(32)33/h3-4,9-13,17-18,29H,2,5-8,14-15H2,1H3,(H,26,31)(H,32,33). The van der Waals surface area contributed by atoms with Crippen molar-refractivity contribution in [2.45, 2.75) is 51.8 Å². The molecule has 9 heteroatoms. The number of aliphatic hydroxyl groups is 1. The maximum absolute atomic E-state index is 13.3. The van der Waals surface area contributed by atoms with Gasteiger partial charge in [-0.3, -0.25) is 14.4 Å². The van der Waals surface area contributed by atoms with Gasteiger partial charge in [0, 0.05) is 18.3 Å². The number of aliphatic carboxylic acids is 1. The van der Waals surface area contributed by atoms with Gasteiger partial charge in [0.25, 0.3) is 5.91 Å². The number of aromatic nitrogens is 1. The number of likely N-dealkylation sites (N-methyl/N-ethyl adjacent to an activating group) is 1. The second-order valence-electron chi connectivity index (χ2n) is 8.61. The van der Waals surface area contributed by atoms with Crippen molar-refractivity contribution in [1.29, 1.82) is 0 Å². The number of anilines is 1. The van der Waals surface area contributed by atoms with Gasteiger partial charge in [0.1, 0.15) is 12.2 Å². The number of fused-ring (bicyclic) bond motifs is 1. The summed E-state index contributed by atoms with van der Waals surface area (Å²) in [7, 11) is 0. The highest BCUT2D eigenvalue weighted by Crippen LogP contribution is 2.28. The molecule has 1 aliphatic rings. The molecule has 34 heavy (non-hydrogen) atoms. The first-order valence-corrected chi connectivity index (χ1v) is 12.4. The Kier molecular flexibility index (Phi) is 7.33. The normalized spacial score (nSPS) is 18.1. The van der Waals surface area contributed by atoms with Crippen molar-refractivity contribution in [3.05, 3.63) is 53.0 Å². The lowest BCUT2D eigenvalue weighted by Gasteiger charge is -2.27. The summed E-state index contributed by atoms with van der Waals surface area (Å²) >= 11 is 1.52. The number of hydrogen-bond donors (Lipinski definition) is 3. The van der Waals surface area contributed by atoms with Crippen LogP contribution in [0.1, 0.15) is 48.7 Å². The molecule has 0 unspecified atom stereocenters. The van der Waals surface area contributed by atoms with E-state index in [2.05, 4.69) is 5.32 Å². The molecule has 0 bridgehead atoms. The molecule has 1 aliphatic carbocycles. The van der Waals surface area contributed by atoms with Crippen LogP contribution in [-0.4, -0.2) is 45.2 Å². The molecule has 1 fully saturated rings. The number of aliphatic hydroxyl groups excluding tert-OH is 1. The predicted molar refractivity (Wildman–Crippen MR) is 131 cm³/mol. The minimum absolute atomic E-state index is 0.0182. The summed E-state index contributed by atoms with van der Waals surface area (Å²) in [6, 6.07) is 10.9. The number of amides is 2. The van der Waals surface area contributed by atoms with Crippen molar-refractivity contribution in [3.63, 3.8) is 0 Å². The summed E-state index contributed by atoms with van der Waals surface area (Å²) < 4.78 is 2.69. The molecule has 4 rings (SSSR count). The van der Waals surface area contributed by atoms with Crippen molar-refractivity contribution >= 4 is 45.0 Å². The molecule has 8 nitrogen and oxygen atoms in total. The van der Waals surface area contributed by atoms with E-state index in [1.54, 1.807) is 21.6 Å². The lowest BCUT2D eigenvalue weighted by atomic mass is 9.86. The Labute approximate surface area is 201 Å². The lowest BCUT2D eigenvalue weighted by molar-refractivity contribution is -0.142. The minimum atomic E-state index is -0.774. The number of benzene rings is 1. The quantitative estimate of drug-likeness (QED) is 0.453. The molecule has 0 saturated heterocycles. The minimum Gasteiger partial charge on any atom is -0.481 e. The van der Waals surface area contributed by atoms with Gasteiger partial charge >= 0.3 is 5.97 Å². The number of carbonyl (C=O) groups excluding carboxylic acids is 2. The molecule has 1 saturated carbocycles. The number of rotatable bonds is 8. The van der Waals surface area contributed by atoms with Crippen LogP contribution in [0.3, 0.4) is 0 Å². The topological polar surface area (TPSA) is 112 Å². The molecular weight excluding hydrogens is 454 g/mol. The number of carboxylic acids is 1. The lowest BCUT2D eigenvalue weighted by Crippen LogP contribution is -2.40. The van der Waals surface area contributed by atoms with Crippen molar-refractivity contribution in [1.82, 2.24) is 9.88 Å². The van der Waals surface area contributed by atoms with Crippen LogP contribution in [0.2, 0.25) is 0 Å². The van der Waals surface area contributed by atoms with Crippen LogP contribution >= 0.6 is 11.3 Å². The van der Waals surface area contributed by atoms with Crippen LogP contribution in [0.5, 0.6) is 0 Å². The van der Waals surface area contributed by atoms with Crippen molar-refractivity contribution in [3.8, 4) is 0 Å². The predicted octanol–water partition coefficient (Wildman–Crippen LogP) is 3.62. The number of carbonyl (C=O) groups is 3. The number of nitrogens with zero attached hydrogens (tertiary/aromatic N) is 2. The zero-order valence-electron chi connectivity index (χ0n) is 19.1. The fraction of sp³-hybridized carbons (Fsp3) is 0.400. The highest BCUT2D eigenvalue weighted by atomic mass is 32.1. The van der Waals surface area contributed by atoms with Crippen LogP contribution < -0.4 is 10.2 Å². The van der Waals surface area contributed by atoms with E-state index >= 15 is 0 Å². The Morgan fingerprint density at radius 2 is 1.82 bits per heavy atom. The molecule has 0 aliphatic heterocycles. The number of hydrogen-bond acceptors (Lipinski definition) is 5. The molecule has 180 valence electrons.